The minimum absolute atomic E-state index is 0.414. The predicted molar refractivity (Wildman–Crippen MR) is 58.5 cm³/mol. The van der Waals surface area contributed by atoms with Crippen molar-refractivity contribution < 1.29 is 0 Å². The Bertz CT molecular complexity index is 265. The van der Waals surface area contributed by atoms with Crippen LogP contribution in [0.2, 0.25) is 0 Å². The first-order valence-electron chi connectivity index (χ1n) is 6.18. The Morgan fingerprint density at radius 1 is 1.00 bits per heavy atom. The van der Waals surface area contributed by atoms with E-state index in [2.05, 4.69) is 16.3 Å². The Hall–Kier alpha value is -0.910. The highest BCUT2D eigenvalue weighted by atomic mass is 15.2. The van der Waals surface area contributed by atoms with Crippen molar-refractivity contribution in [2.45, 2.75) is 69.4 Å². The molecule has 3 nitrogen and oxygen atoms in total. The van der Waals surface area contributed by atoms with E-state index in [1.807, 2.05) is 0 Å². The lowest BCUT2D eigenvalue weighted by Crippen LogP contribution is -2.27. The molecule has 0 atom stereocenters. The van der Waals surface area contributed by atoms with Crippen molar-refractivity contribution in [2.24, 2.45) is 10.2 Å². The zero-order valence-electron chi connectivity index (χ0n) is 9.28. The molecule has 2 rings (SSSR count). The number of azo groups is 1. The van der Waals surface area contributed by atoms with Crippen LogP contribution in [0, 0.1) is 11.3 Å². The third-order valence-electron chi connectivity index (χ3n) is 3.63. The van der Waals surface area contributed by atoms with Crippen LogP contribution < -0.4 is 0 Å². The molecule has 0 radical (unpaired) electrons. The molecule has 0 aliphatic heterocycles. The molecule has 0 aromatic carbocycles. The van der Waals surface area contributed by atoms with Crippen LogP contribution in [0.5, 0.6) is 0 Å². The van der Waals surface area contributed by atoms with Crippen molar-refractivity contribution in [3.05, 3.63) is 0 Å². The van der Waals surface area contributed by atoms with Gasteiger partial charge in [-0.15, -0.1) is 0 Å². The number of nitrogens with zero attached hydrogens (tertiary/aromatic N) is 3. The lowest BCUT2D eigenvalue weighted by Gasteiger charge is -2.25. The summed E-state index contributed by atoms with van der Waals surface area (Å²) in [6.07, 6.45) is 10.3. The normalized spacial score (nSPS) is 26.9. The number of rotatable bonds is 2. The van der Waals surface area contributed by atoms with Crippen LogP contribution in [-0.2, 0) is 0 Å². The Balaban J connectivity index is 1.97. The van der Waals surface area contributed by atoms with Gasteiger partial charge in [0, 0.05) is 0 Å². The van der Waals surface area contributed by atoms with Crippen molar-refractivity contribution in [3.63, 3.8) is 0 Å². The maximum atomic E-state index is 9.21. The van der Waals surface area contributed by atoms with E-state index < -0.39 is 5.54 Å². The molecule has 0 spiro atoms. The fourth-order valence-electron chi connectivity index (χ4n) is 2.58. The summed E-state index contributed by atoms with van der Waals surface area (Å²) in [5.74, 6) is 0. The van der Waals surface area contributed by atoms with Gasteiger partial charge < -0.3 is 0 Å². The lowest BCUT2D eigenvalue weighted by molar-refractivity contribution is 0.349. The second kappa shape index (κ2) is 4.74. The molecule has 0 N–H and O–H groups in total. The summed E-state index contributed by atoms with van der Waals surface area (Å²) >= 11 is 0. The van der Waals surface area contributed by atoms with Crippen LogP contribution in [0.25, 0.3) is 0 Å². The van der Waals surface area contributed by atoms with E-state index in [-0.39, 0.29) is 0 Å². The molecular formula is C12H19N3. The first kappa shape index (κ1) is 10.6. The van der Waals surface area contributed by atoms with Gasteiger partial charge in [0.25, 0.3) is 0 Å². The van der Waals surface area contributed by atoms with Crippen molar-refractivity contribution in [2.75, 3.05) is 0 Å². The standard InChI is InChI=1S/C12H19N3/c13-10-12(8-4-1-5-9-12)15-14-11-6-2-3-7-11/h11H,1-9H2. The predicted octanol–water partition coefficient (Wildman–Crippen LogP) is 3.61. The fourth-order valence-corrected chi connectivity index (χ4v) is 2.58. The molecule has 0 amide bonds. The molecule has 0 bridgehead atoms. The Morgan fingerprint density at radius 3 is 2.27 bits per heavy atom. The average Bonchev–Trinajstić information content (AvgIpc) is 2.81. The highest BCUT2D eigenvalue weighted by Gasteiger charge is 2.32. The number of hydrogen-bond acceptors (Lipinski definition) is 3. The van der Waals surface area contributed by atoms with Gasteiger partial charge in [0.1, 0.15) is 0 Å². The van der Waals surface area contributed by atoms with Gasteiger partial charge in [0.2, 0.25) is 0 Å². The summed E-state index contributed by atoms with van der Waals surface area (Å²) in [6.45, 7) is 0. The van der Waals surface area contributed by atoms with Crippen LogP contribution >= 0.6 is 0 Å². The van der Waals surface area contributed by atoms with Gasteiger partial charge in [-0.05, 0) is 38.5 Å². The molecule has 0 unspecified atom stereocenters. The van der Waals surface area contributed by atoms with E-state index >= 15 is 0 Å². The smallest absolute Gasteiger partial charge is 0.167 e. The Labute approximate surface area is 91.6 Å². The van der Waals surface area contributed by atoms with Crippen LogP contribution in [0.3, 0.4) is 0 Å². The second-order valence-electron chi connectivity index (χ2n) is 4.86. The third-order valence-corrected chi connectivity index (χ3v) is 3.63. The van der Waals surface area contributed by atoms with E-state index in [9.17, 15) is 5.26 Å². The summed E-state index contributed by atoms with van der Waals surface area (Å²) < 4.78 is 0. The Morgan fingerprint density at radius 2 is 1.67 bits per heavy atom. The van der Waals surface area contributed by atoms with E-state index in [0.717, 1.165) is 25.7 Å². The minimum Gasteiger partial charge on any atom is -0.196 e. The van der Waals surface area contributed by atoms with Gasteiger partial charge in [-0.3, -0.25) is 0 Å². The van der Waals surface area contributed by atoms with Gasteiger partial charge in [0.15, 0.2) is 5.54 Å². The quantitative estimate of drug-likeness (QED) is 0.635. The molecule has 2 saturated carbocycles. The molecular weight excluding hydrogens is 186 g/mol. The summed E-state index contributed by atoms with van der Waals surface area (Å²) in [7, 11) is 0. The molecule has 2 aliphatic carbocycles. The van der Waals surface area contributed by atoms with Gasteiger partial charge >= 0.3 is 0 Å². The first-order valence-corrected chi connectivity index (χ1v) is 6.18. The van der Waals surface area contributed by atoms with Crippen molar-refractivity contribution in [1.29, 1.82) is 5.26 Å². The molecule has 15 heavy (non-hydrogen) atoms. The number of hydrogen-bond donors (Lipinski definition) is 0. The summed E-state index contributed by atoms with van der Waals surface area (Å²) in [4.78, 5) is 0. The van der Waals surface area contributed by atoms with Crippen LogP contribution in [0.15, 0.2) is 10.2 Å². The van der Waals surface area contributed by atoms with E-state index in [4.69, 9.17) is 0 Å². The van der Waals surface area contributed by atoms with Crippen molar-refractivity contribution >= 4 is 0 Å². The largest absolute Gasteiger partial charge is 0.196 e. The maximum absolute atomic E-state index is 9.21. The molecule has 3 heteroatoms. The van der Waals surface area contributed by atoms with E-state index in [0.29, 0.717) is 6.04 Å². The average molecular weight is 205 g/mol. The highest BCUT2D eigenvalue weighted by Crippen LogP contribution is 2.32. The van der Waals surface area contributed by atoms with Crippen LogP contribution in [0.1, 0.15) is 57.8 Å². The van der Waals surface area contributed by atoms with Gasteiger partial charge in [-0.1, -0.05) is 19.3 Å². The highest BCUT2D eigenvalue weighted by molar-refractivity contribution is 5.08. The Kier molecular flexibility index (Phi) is 3.35. The van der Waals surface area contributed by atoms with Gasteiger partial charge in [-0.25, -0.2) is 0 Å². The fraction of sp³-hybridized carbons (Fsp3) is 0.917. The topological polar surface area (TPSA) is 48.5 Å². The van der Waals surface area contributed by atoms with E-state index in [1.54, 1.807) is 0 Å². The molecule has 2 aliphatic rings. The molecule has 0 aromatic rings. The monoisotopic (exact) mass is 205 g/mol. The number of nitriles is 1. The molecule has 0 saturated heterocycles. The summed E-state index contributed by atoms with van der Waals surface area (Å²) in [5.41, 5.74) is -0.457. The third kappa shape index (κ3) is 2.56. The zero-order valence-corrected chi connectivity index (χ0v) is 9.28. The second-order valence-corrected chi connectivity index (χ2v) is 4.86. The maximum Gasteiger partial charge on any atom is 0.167 e. The molecule has 0 aromatic heterocycles. The zero-order chi connectivity index (χ0) is 10.6. The molecule has 0 heterocycles. The minimum atomic E-state index is -0.457. The lowest BCUT2D eigenvalue weighted by atomic mass is 9.84. The van der Waals surface area contributed by atoms with Crippen LogP contribution in [0.4, 0.5) is 0 Å². The van der Waals surface area contributed by atoms with E-state index in [1.165, 1.54) is 32.1 Å². The van der Waals surface area contributed by atoms with Crippen molar-refractivity contribution in [3.8, 4) is 6.07 Å². The first-order chi connectivity index (χ1) is 7.35. The molecule has 2 fully saturated rings. The van der Waals surface area contributed by atoms with Gasteiger partial charge in [-0.2, -0.15) is 15.5 Å². The van der Waals surface area contributed by atoms with Crippen LogP contribution in [-0.4, -0.2) is 11.6 Å². The van der Waals surface area contributed by atoms with Crippen molar-refractivity contribution in [1.82, 2.24) is 0 Å². The SMILES string of the molecule is N#CC1(N=NC2CCCC2)CCCCC1. The summed E-state index contributed by atoms with van der Waals surface area (Å²) in [5, 5.41) is 18.0. The molecule has 82 valence electrons. The summed E-state index contributed by atoms with van der Waals surface area (Å²) in [6, 6.07) is 2.79. The van der Waals surface area contributed by atoms with Gasteiger partial charge in [0.05, 0.1) is 12.1 Å².